The van der Waals surface area contributed by atoms with Gasteiger partial charge in [0.05, 0.1) is 10.0 Å². The van der Waals surface area contributed by atoms with Crippen LogP contribution in [0.2, 0.25) is 10.0 Å². The molecule has 0 unspecified atom stereocenters. The molecule has 0 radical (unpaired) electrons. The number of nitrogens with one attached hydrogen (secondary N) is 2. The Morgan fingerprint density at radius 3 is 2.72 bits per heavy atom. The fourth-order valence-corrected chi connectivity index (χ4v) is 3.77. The molecular weight excluding hydrogens is 302 g/mol. The van der Waals surface area contributed by atoms with Gasteiger partial charge in [0.25, 0.3) is 0 Å². The van der Waals surface area contributed by atoms with Gasteiger partial charge in [-0.1, -0.05) is 23.2 Å². The van der Waals surface area contributed by atoms with Crippen LogP contribution in [0.4, 0.5) is 4.39 Å². The number of sulfonamides is 1. The van der Waals surface area contributed by atoms with E-state index in [-0.39, 0.29) is 16.0 Å². The Morgan fingerprint density at radius 2 is 2.11 bits per heavy atom. The zero-order valence-electron chi connectivity index (χ0n) is 9.21. The van der Waals surface area contributed by atoms with E-state index in [1.165, 1.54) is 12.1 Å². The Morgan fingerprint density at radius 1 is 1.39 bits per heavy atom. The van der Waals surface area contributed by atoms with Gasteiger partial charge in [-0.15, -0.1) is 0 Å². The van der Waals surface area contributed by atoms with E-state index in [0.717, 1.165) is 6.54 Å². The highest BCUT2D eigenvalue weighted by Crippen LogP contribution is 2.29. The summed E-state index contributed by atoms with van der Waals surface area (Å²) in [6, 6.07) is 2.16. The Kier molecular flexibility index (Phi) is 4.13. The van der Waals surface area contributed by atoms with Crippen molar-refractivity contribution in [2.45, 2.75) is 17.4 Å². The molecule has 0 aliphatic carbocycles. The topological polar surface area (TPSA) is 58.2 Å². The lowest BCUT2D eigenvalue weighted by Gasteiger charge is -2.13. The quantitative estimate of drug-likeness (QED) is 0.836. The van der Waals surface area contributed by atoms with Crippen LogP contribution in [0.15, 0.2) is 17.0 Å². The first kappa shape index (κ1) is 14.0. The second-order valence-corrected chi connectivity index (χ2v) is 6.45. The second-order valence-electron chi connectivity index (χ2n) is 3.98. The van der Waals surface area contributed by atoms with Crippen LogP contribution >= 0.6 is 23.2 Å². The van der Waals surface area contributed by atoms with Gasteiger partial charge in [0.2, 0.25) is 10.0 Å². The van der Waals surface area contributed by atoms with Gasteiger partial charge >= 0.3 is 0 Å². The molecule has 0 aromatic heterocycles. The van der Waals surface area contributed by atoms with Gasteiger partial charge in [-0.05, 0) is 25.1 Å². The van der Waals surface area contributed by atoms with Crippen molar-refractivity contribution in [3.05, 3.63) is 28.0 Å². The van der Waals surface area contributed by atoms with Crippen LogP contribution in [0.25, 0.3) is 0 Å². The maximum absolute atomic E-state index is 13.5. The van der Waals surface area contributed by atoms with Gasteiger partial charge < -0.3 is 5.32 Å². The van der Waals surface area contributed by atoms with Crippen LogP contribution in [0.1, 0.15) is 6.42 Å². The molecule has 0 spiro atoms. The zero-order valence-corrected chi connectivity index (χ0v) is 11.5. The van der Waals surface area contributed by atoms with Gasteiger partial charge in [0.1, 0.15) is 4.90 Å². The fraction of sp³-hybridized carbons (Fsp3) is 0.400. The summed E-state index contributed by atoms with van der Waals surface area (Å²) >= 11 is 11.2. The molecule has 100 valence electrons. The number of halogens is 3. The van der Waals surface area contributed by atoms with Crippen molar-refractivity contribution < 1.29 is 12.8 Å². The number of benzene rings is 1. The van der Waals surface area contributed by atoms with Gasteiger partial charge in [-0.2, -0.15) is 0 Å². The molecule has 1 fully saturated rings. The summed E-state index contributed by atoms with van der Waals surface area (Å²) in [5, 5.41) is 2.33. The first-order chi connectivity index (χ1) is 8.42. The van der Waals surface area contributed by atoms with Crippen molar-refractivity contribution in [3.8, 4) is 0 Å². The van der Waals surface area contributed by atoms with Crippen LogP contribution < -0.4 is 10.0 Å². The van der Waals surface area contributed by atoms with Gasteiger partial charge in [0.15, 0.2) is 5.82 Å². The lowest BCUT2D eigenvalue weighted by atomic mass is 10.3. The maximum Gasteiger partial charge on any atom is 0.242 e. The molecule has 1 aromatic rings. The van der Waals surface area contributed by atoms with E-state index in [0.29, 0.717) is 13.0 Å². The molecular formula is C10H11Cl2FN2O2S. The van der Waals surface area contributed by atoms with E-state index >= 15 is 0 Å². The largest absolute Gasteiger partial charge is 0.315 e. The SMILES string of the molecule is O=S(=O)(N[C@@H]1CCNC1)c1ccc(Cl)c(F)c1Cl. The average Bonchev–Trinajstić information content (AvgIpc) is 2.77. The van der Waals surface area contributed by atoms with Gasteiger partial charge in [-0.25, -0.2) is 17.5 Å². The monoisotopic (exact) mass is 312 g/mol. The summed E-state index contributed by atoms with van der Waals surface area (Å²) in [4.78, 5) is -0.294. The van der Waals surface area contributed by atoms with Crippen molar-refractivity contribution >= 4 is 33.2 Å². The van der Waals surface area contributed by atoms with Crippen LogP contribution in [0.3, 0.4) is 0 Å². The molecule has 18 heavy (non-hydrogen) atoms. The predicted octanol–water partition coefficient (Wildman–Crippen LogP) is 1.77. The predicted molar refractivity (Wildman–Crippen MR) is 68.0 cm³/mol. The highest BCUT2D eigenvalue weighted by molar-refractivity contribution is 7.89. The molecule has 1 saturated heterocycles. The number of hydrogen-bond acceptors (Lipinski definition) is 3. The molecule has 0 saturated carbocycles. The summed E-state index contributed by atoms with van der Waals surface area (Å²) < 4.78 is 40.0. The molecule has 4 nitrogen and oxygen atoms in total. The van der Waals surface area contributed by atoms with Crippen LogP contribution in [0.5, 0.6) is 0 Å². The normalized spacial score (nSPS) is 20.3. The minimum Gasteiger partial charge on any atom is -0.315 e. The van der Waals surface area contributed by atoms with Crippen LogP contribution in [0, 0.1) is 5.82 Å². The molecule has 1 atom stereocenters. The maximum atomic E-state index is 13.5. The van der Waals surface area contributed by atoms with Crippen molar-refractivity contribution in [2.75, 3.05) is 13.1 Å². The summed E-state index contributed by atoms with van der Waals surface area (Å²) in [7, 11) is -3.83. The van der Waals surface area contributed by atoms with Crippen molar-refractivity contribution in [1.82, 2.24) is 10.0 Å². The highest BCUT2D eigenvalue weighted by atomic mass is 35.5. The summed E-state index contributed by atoms with van der Waals surface area (Å²) in [6.07, 6.45) is 0.687. The zero-order chi connectivity index (χ0) is 13.3. The third kappa shape index (κ3) is 2.78. The van der Waals surface area contributed by atoms with E-state index in [9.17, 15) is 12.8 Å². The van der Waals surface area contributed by atoms with Gasteiger partial charge in [0, 0.05) is 12.6 Å². The average molecular weight is 313 g/mol. The lowest BCUT2D eigenvalue weighted by Crippen LogP contribution is -2.36. The number of rotatable bonds is 3. The summed E-state index contributed by atoms with van der Waals surface area (Å²) in [5.41, 5.74) is 0. The van der Waals surface area contributed by atoms with Gasteiger partial charge in [-0.3, -0.25) is 0 Å². The number of hydrogen-bond donors (Lipinski definition) is 2. The first-order valence-corrected chi connectivity index (χ1v) is 7.52. The molecule has 0 bridgehead atoms. The van der Waals surface area contributed by atoms with E-state index in [1.54, 1.807) is 0 Å². The Bertz CT molecular complexity index is 559. The molecule has 2 N–H and O–H groups in total. The Balaban J connectivity index is 2.32. The van der Waals surface area contributed by atoms with Crippen molar-refractivity contribution in [3.63, 3.8) is 0 Å². The van der Waals surface area contributed by atoms with E-state index in [1.807, 2.05) is 0 Å². The lowest BCUT2D eigenvalue weighted by molar-refractivity contribution is 0.558. The molecule has 0 amide bonds. The highest BCUT2D eigenvalue weighted by Gasteiger charge is 2.26. The van der Waals surface area contributed by atoms with E-state index < -0.39 is 20.9 Å². The first-order valence-electron chi connectivity index (χ1n) is 5.28. The summed E-state index contributed by atoms with van der Waals surface area (Å²) in [6.45, 7) is 1.29. The Hall–Kier alpha value is -0.400. The molecule has 8 heteroatoms. The van der Waals surface area contributed by atoms with E-state index in [2.05, 4.69) is 10.0 Å². The molecule has 1 aliphatic rings. The standard InChI is InChI=1S/C10H11Cl2FN2O2S/c11-7-1-2-8(9(12)10(7)13)18(16,17)15-6-3-4-14-5-6/h1-2,6,14-15H,3-5H2/t6-/m1/s1. The minimum atomic E-state index is -3.83. The Labute approximate surface area is 115 Å². The molecule has 1 aromatic carbocycles. The minimum absolute atomic E-state index is 0.204. The molecule has 1 heterocycles. The third-order valence-corrected chi connectivity index (χ3v) is 5.01. The fourth-order valence-electron chi connectivity index (χ4n) is 1.75. The van der Waals surface area contributed by atoms with Crippen LogP contribution in [-0.2, 0) is 10.0 Å². The van der Waals surface area contributed by atoms with Crippen molar-refractivity contribution in [1.29, 1.82) is 0 Å². The third-order valence-electron chi connectivity index (χ3n) is 2.67. The molecule has 2 rings (SSSR count). The van der Waals surface area contributed by atoms with Crippen molar-refractivity contribution in [2.24, 2.45) is 0 Å². The summed E-state index contributed by atoms with van der Waals surface area (Å²) in [5.74, 6) is -0.925. The smallest absolute Gasteiger partial charge is 0.242 e. The second kappa shape index (κ2) is 5.30. The molecule has 1 aliphatic heterocycles. The van der Waals surface area contributed by atoms with Crippen LogP contribution in [-0.4, -0.2) is 27.5 Å². The van der Waals surface area contributed by atoms with E-state index in [4.69, 9.17) is 23.2 Å².